The summed E-state index contributed by atoms with van der Waals surface area (Å²) in [7, 11) is 0. The highest BCUT2D eigenvalue weighted by molar-refractivity contribution is 6.09. The molecule has 0 atom stereocenters. The van der Waals surface area contributed by atoms with Crippen LogP contribution in [0.4, 0.5) is 0 Å². The maximum Gasteiger partial charge on any atom is 0.197 e. The molecule has 0 N–H and O–H groups in total. The number of rotatable bonds is 1. The van der Waals surface area contributed by atoms with E-state index in [1.54, 1.807) is 36.4 Å². The summed E-state index contributed by atoms with van der Waals surface area (Å²) in [6, 6.07) is 27.2. The van der Waals surface area contributed by atoms with Crippen molar-refractivity contribution in [3.8, 4) is 23.3 Å². The third-order valence-corrected chi connectivity index (χ3v) is 6.13. The summed E-state index contributed by atoms with van der Waals surface area (Å²) in [4.78, 5) is 27.1. The summed E-state index contributed by atoms with van der Waals surface area (Å²) >= 11 is 0. The SMILES string of the molecule is N#Cc1cc(C#N)cc(-c2cc3c(=O)c4ccccc4n4c5ccccc5c(=O)c(c2)c34)c1. The first-order chi connectivity index (χ1) is 16.1. The first-order valence-corrected chi connectivity index (χ1v) is 10.3. The first-order valence-electron chi connectivity index (χ1n) is 10.3. The first kappa shape index (κ1) is 18.7. The molecule has 6 aromatic rings. The highest BCUT2D eigenvalue weighted by Crippen LogP contribution is 2.31. The summed E-state index contributed by atoms with van der Waals surface area (Å²) in [6.45, 7) is 0. The van der Waals surface area contributed by atoms with E-state index in [9.17, 15) is 20.1 Å². The number of fused-ring (bicyclic) bond motifs is 4. The van der Waals surface area contributed by atoms with Crippen LogP contribution >= 0.6 is 0 Å². The Morgan fingerprint density at radius 3 is 1.52 bits per heavy atom. The highest BCUT2D eigenvalue weighted by atomic mass is 16.1. The summed E-state index contributed by atoms with van der Waals surface area (Å²) in [6.07, 6.45) is 0. The van der Waals surface area contributed by atoms with Gasteiger partial charge < -0.3 is 4.40 Å². The summed E-state index contributed by atoms with van der Waals surface area (Å²) < 4.78 is 1.98. The van der Waals surface area contributed by atoms with Crippen LogP contribution in [-0.4, -0.2) is 4.40 Å². The van der Waals surface area contributed by atoms with Gasteiger partial charge in [-0.1, -0.05) is 24.3 Å². The average Bonchev–Trinajstić information content (AvgIpc) is 2.87. The van der Waals surface area contributed by atoms with Gasteiger partial charge in [0.1, 0.15) is 0 Å². The monoisotopic (exact) mass is 423 g/mol. The molecule has 0 bridgehead atoms. The Labute approximate surface area is 186 Å². The quantitative estimate of drug-likeness (QED) is 0.276. The topological polar surface area (TPSA) is 86.1 Å². The summed E-state index contributed by atoms with van der Waals surface area (Å²) in [5.74, 6) is 0. The van der Waals surface area contributed by atoms with Gasteiger partial charge in [0.2, 0.25) is 0 Å². The zero-order valence-electron chi connectivity index (χ0n) is 17.2. The summed E-state index contributed by atoms with van der Waals surface area (Å²) in [5.41, 5.74) is 3.61. The number of hydrogen-bond donors (Lipinski definition) is 0. The Morgan fingerprint density at radius 2 is 1.03 bits per heavy atom. The van der Waals surface area contributed by atoms with Crippen LogP contribution in [0.15, 0.2) is 88.5 Å². The van der Waals surface area contributed by atoms with Crippen LogP contribution in [0.3, 0.4) is 0 Å². The van der Waals surface area contributed by atoms with E-state index in [1.807, 2.05) is 40.8 Å². The van der Waals surface area contributed by atoms with Crippen molar-refractivity contribution in [1.29, 1.82) is 10.5 Å². The molecule has 0 aliphatic carbocycles. The molecule has 152 valence electrons. The second kappa shape index (κ2) is 6.75. The standard InChI is InChI=1S/C28H13N3O2/c29-14-16-9-17(15-30)11-18(10-16)19-12-22-26-23(13-19)28(33)21-6-2-4-8-25(21)31(26)24-7-3-1-5-20(24)27(22)32/h1-13H. The minimum absolute atomic E-state index is 0.163. The van der Waals surface area contributed by atoms with E-state index in [4.69, 9.17) is 0 Å². The molecule has 0 aliphatic heterocycles. The number of benzene rings is 4. The van der Waals surface area contributed by atoms with E-state index >= 15 is 0 Å². The van der Waals surface area contributed by atoms with Crippen molar-refractivity contribution in [1.82, 2.24) is 4.40 Å². The molecular formula is C28H13N3O2. The smallest absolute Gasteiger partial charge is 0.197 e. The second-order valence-electron chi connectivity index (χ2n) is 7.97. The van der Waals surface area contributed by atoms with E-state index < -0.39 is 0 Å². The van der Waals surface area contributed by atoms with Crippen LogP contribution in [-0.2, 0) is 0 Å². The van der Waals surface area contributed by atoms with Gasteiger partial charge in [-0.15, -0.1) is 0 Å². The van der Waals surface area contributed by atoms with Crippen LogP contribution < -0.4 is 10.9 Å². The van der Waals surface area contributed by atoms with E-state index in [-0.39, 0.29) is 10.9 Å². The Bertz CT molecular complexity index is 1850. The van der Waals surface area contributed by atoms with Gasteiger partial charge in [0.15, 0.2) is 10.9 Å². The van der Waals surface area contributed by atoms with Crippen molar-refractivity contribution in [2.75, 3.05) is 0 Å². The van der Waals surface area contributed by atoms with Crippen LogP contribution in [0.2, 0.25) is 0 Å². The molecule has 2 aromatic heterocycles. The summed E-state index contributed by atoms with van der Waals surface area (Å²) in [5, 5.41) is 20.7. The number of aromatic nitrogens is 1. The predicted octanol–water partition coefficient (Wildman–Crippen LogP) is 4.97. The zero-order valence-corrected chi connectivity index (χ0v) is 17.2. The van der Waals surface area contributed by atoms with Gasteiger partial charge in [0.05, 0.1) is 39.8 Å². The number of hydrogen-bond acceptors (Lipinski definition) is 4. The van der Waals surface area contributed by atoms with E-state index in [0.29, 0.717) is 49.3 Å². The number of nitriles is 2. The molecular weight excluding hydrogens is 410 g/mol. The minimum Gasteiger partial charge on any atom is -0.308 e. The second-order valence-corrected chi connectivity index (χ2v) is 7.97. The minimum atomic E-state index is -0.163. The Morgan fingerprint density at radius 1 is 0.576 bits per heavy atom. The van der Waals surface area contributed by atoms with Crippen molar-refractivity contribution in [2.45, 2.75) is 0 Å². The molecule has 5 heteroatoms. The van der Waals surface area contributed by atoms with Gasteiger partial charge in [-0.2, -0.15) is 10.5 Å². The van der Waals surface area contributed by atoms with Gasteiger partial charge in [-0.05, 0) is 65.7 Å². The van der Waals surface area contributed by atoms with Gasteiger partial charge in [0, 0.05) is 21.5 Å². The molecule has 33 heavy (non-hydrogen) atoms. The van der Waals surface area contributed by atoms with E-state index in [1.165, 1.54) is 6.07 Å². The molecule has 0 spiro atoms. The van der Waals surface area contributed by atoms with Crippen molar-refractivity contribution in [3.05, 3.63) is 110 Å². The molecule has 0 amide bonds. The Kier molecular flexibility index (Phi) is 3.83. The van der Waals surface area contributed by atoms with Crippen LogP contribution in [0.1, 0.15) is 11.1 Å². The lowest BCUT2D eigenvalue weighted by molar-refractivity contribution is 1.31. The third kappa shape index (κ3) is 2.57. The maximum atomic E-state index is 13.6. The lowest BCUT2D eigenvalue weighted by Crippen LogP contribution is -2.14. The molecule has 0 saturated heterocycles. The van der Waals surface area contributed by atoms with Gasteiger partial charge in [-0.3, -0.25) is 9.59 Å². The van der Waals surface area contributed by atoms with E-state index in [0.717, 1.165) is 11.0 Å². The van der Waals surface area contributed by atoms with Crippen LogP contribution in [0.5, 0.6) is 0 Å². The lowest BCUT2D eigenvalue weighted by atomic mass is 9.95. The molecule has 4 aromatic carbocycles. The zero-order chi connectivity index (χ0) is 22.7. The van der Waals surface area contributed by atoms with Gasteiger partial charge >= 0.3 is 0 Å². The fourth-order valence-corrected chi connectivity index (χ4v) is 4.69. The maximum absolute atomic E-state index is 13.6. The lowest BCUT2D eigenvalue weighted by Gasteiger charge is -2.15. The van der Waals surface area contributed by atoms with Crippen molar-refractivity contribution < 1.29 is 0 Å². The van der Waals surface area contributed by atoms with E-state index in [2.05, 4.69) is 12.1 Å². The molecule has 0 aliphatic rings. The number of pyridine rings is 2. The fraction of sp³-hybridized carbons (Fsp3) is 0. The molecule has 0 unspecified atom stereocenters. The molecule has 0 radical (unpaired) electrons. The van der Waals surface area contributed by atoms with Gasteiger partial charge in [-0.25, -0.2) is 0 Å². The van der Waals surface area contributed by atoms with Crippen LogP contribution in [0.25, 0.3) is 49.2 Å². The molecule has 0 saturated carbocycles. The number of nitrogens with zero attached hydrogens (tertiary/aromatic N) is 3. The van der Waals surface area contributed by atoms with Crippen molar-refractivity contribution in [2.24, 2.45) is 0 Å². The normalized spacial score (nSPS) is 11.2. The fourth-order valence-electron chi connectivity index (χ4n) is 4.69. The number of para-hydroxylation sites is 2. The predicted molar refractivity (Wildman–Crippen MR) is 129 cm³/mol. The average molecular weight is 423 g/mol. The Balaban J connectivity index is 1.90. The molecule has 6 rings (SSSR count). The highest BCUT2D eigenvalue weighted by Gasteiger charge is 2.18. The van der Waals surface area contributed by atoms with Crippen molar-refractivity contribution >= 4 is 38.1 Å². The largest absolute Gasteiger partial charge is 0.308 e. The molecule has 5 nitrogen and oxygen atoms in total. The Hall–Kier alpha value is -5.00. The van der Waals surface area contributed by atoms with Crippen LogP contribution in [0, 0.1) is 22.7 Å². The molecule has 2 heterocycles. The van der Waals surface area contributed by atoms with Gasteiger partial charge in [0.25, 0.3) is 0 Å². The molecule has 0 fully saturated rings. The van der Waals surface area contributed by atoms with Crippen molar-refractivity contribution in [3.63, 3.8) is 0 Å². The third-order valence-electron chi connectivity index (χ3n) is 6.13.